The molecule has 1 aromatic rings. The second-order valence-corrected chi connectivity index (χ2v) is 8.28. The van der Waals surface area contributed by atoms with Gasteiger partial charge in [0.15, 0.2) is 0 Å². The van der Waals surface area contributed by atoms with Crippen LogP contribution in [0.15, 0.2) is 29.4 Å². The van der Waals surface area contributed by atoms with Gasteiger partial charge in [0.2, 0.25) is 5.91 Å². The molecular weight excluding hydrogens is 326 g/mol. The van der Waals surface area contributed by atoms with Crippen molar-refractivity contribution >= 4 is 17.5 Å². The Hall–Kier alpha value is -2.17. The van der Waals surface area contributed by atoms with Crippen LogP contribution in [0.25, 0.3) is 0 Å². The SMILES string of the molecule is CC(CC(=O)N(C(C)C)C(C)C)=NNC(=O)c1ccc(C(C)(C)C)cc1. The van der Waals surface area contributed by atoms with Crippen molar-refractivity contribution in [2.24, 2.45) is 5.10 Å². The van der Waals surface area contributed by atoms with E-state index in [4.69, 9.17) is 0 Å². The molecule has 0 bridgehead atoms. The lowest BCUT2D eigenvalue weighted by Gasteiger charge is -2.30. The van der Waals surface area contributed by atoms with E-state index in [-0.39, 0.29) is 35.7 Å². The lowest BCUT2D eigenvalue weighted by Crippen LogP contribution is -2.42. The zero-order valence-electron chi connectivity index (χ0n) is 17.4. The highest BCUT2D eigenvalue weighted by molar-refractivity contribution is 6.01. The van der Waals surface area contributed by atoms with E-state index in [1.807, 2.05) is 44.7 Å². The Kier molecular flexibility index (Phi) is 7.54. The molecule has 1 N–H and O–H groups in total. The molecule has 5 heteroatoms. The molecule has 5 nitrogen and oxygen atoms in total. The molecule has 1 aromatic carbocycles. The van der Waals surface area contributed by atoms with Gasteiger partial charge in [-0.15, -0.1) is 0 Å². The second kappa shape index (κ2) is 8.97. The van der Waals surface area contributed by atoms with Crippen molar-refractivity contribution < 1.29 is 9.59 Å². The number of hydrogen-bond donors (Lipinski definition) is 1. The number of carbonyl (C=O) groups is 2. The fourth-order valence-electron chi connectivity index (χ4n) is 2.85. The van der Waals surface area contributed by atoms with Crippen LogP contribution in [0, 0.1) is 0 Å². The second-order valence-electron chi connectivity index (χ2n) is 8.28. The van der Waals surface area contributed by atoms with Crippen LogP contribution in [0.4, 0.5) is 0 Å². The van der Waals surface area contributed by atoms with Gasteiger partial charge in [0, 0.05) is 23.4 Å². The number of hydrazone groups is 1. The lowest BCUT2D eigenvalue weighted by molar-refractivity contribution is -0.133. The Bertz CT molecular complexity index is 645. The summed E-state index contributed by atoms with van der Waals surface area (Å²) in [5, 5.41) is 4.08. The van der Waals surface area contributed by atoms with Crippen molar-refractivity contribution in [1.82, 2.24) is 10.3 Å². The molecule has 0 aliphatic rings. The third-order valence-electron chi connectivity index (χ3n) is 4.17. The van der Waals surface area contributed by atoms with Crippen LogP contribution in [0.5, 0.6) is 0 Å². The highest BCUT2D eigenvalue weighted by Crippen LogP contribution is 2.22. The monoisotopic (exact) mass is 359 g/mol. The third-order valence-corrected chi connectivity index (χ3v) is 4.17. The largest absolute Gasteiger partial charge is 0.338 e. The number of hydrogen-bond acceptors (Lipinski definition) is 3. The molecule has 2 amide bonds. The maximum atomic E-state index is 12.4. The van der Waals surface area contributed by atoms with E-state index in [0.29, 0.717) is 11.3 Å². The average molecular weight is 360 g/mol. The number of nitrogens with one attached hydrogen (secondary N) is 1. The van der Waals surface area contributed by atoms with Crippen molar-refractivity contribution in [3.8, 4) is 0 Å². The molecule has 0 aromatic heterocycles. The molecular formula is C21H33N3O2. The molecule has 0 spiro atoms. The van der Waals surface area contributed by atoms with Crippen LogP contribution in [-0.4, -0.2) is 34.5 Å². The highest BCUT2D eigenvalue weighted by Gasteiger charge is 2.20. The predicted octanol–water partition coefficient (Wildman–Crippen LogP) is 4.13. The molecule has 26 heavy (non-hydrogen) atoms. The first-order valence-electron chi connectivity index (χ1n) is 9.18. The maximum absolute atomic E-state index is 12.4. The van der Waals surface area contributed by atoms with Gasteiger partial charge in [-0.1, -0.05) is 32.9 Å². The van der Waals surface area contributed by atoms with Gasteiger partial charge in [0.1, 0.15) is 0 Å². The summed E-state index contributed by atoms with van der Waals surface area (Å²) in [6, 6.07) is 7.77. The van der Waals surface area contributed by atoms with Crippen LogP contribution >= 0.6 is 0 Å². The van der Waals surface area contributed by atoms with E-state index in [1.165, 1.54) is 5.56 Å². The summed E-state index contributed by atoms with van der Waals surface area (Å²) in [6.07, 6.45) is 0.194. The minimum atomic E-state index is -0.276. The normalized spacial score (nSPS) is 12.5. The standard InChI is InChI=1S/C21H33N3O2/c1-14(2)24(15(3)4)19(25)13-16(5)22-23-20(26)17-9-11-18(12-10-17)21(6,7)8/h9-12,14-15H,13H2,1-8H3,(H,23,26). The molecule has 0 saturated heterocycles. The third kappa shape index (κ3) is 6.28. The minimum Gasteiger partial charge on any atom is -0.338 e. The Morgan fingerprint density at radius 3 is 1.96 bits per heavy atom. The number of nitrogens with zero attached hydrogens (tertiary/aromatic N) is 2. The van der Waals surface area contributed by atoms with Gasteiger partial charge in [-0.05, 0) is 57.7 Å². The van der Waals surface area contributed by atoms with Crippen LogP contribution in [0.3, 0.4) is 0 Å². The molecule has 0 aliphatic carbocycles. The molecule has 0 saturated carbocycles. The van der Waals surface area contributed by atoms with E-state index in [2.05, 4.69) is 31.3 Å². The first kappa shape index (κ1) is 21.9. The van der Waals surface area contributed by atoms with Gasteiger partial charge in [-0.3, -0.25) is 9.59 Å². The smallest absolute Gasteiger partial charge is 0.271 e. The number of rotatable bonds is 6. The summed E-state index contributed by atoms with van der Waals surface area (Å²) in [4.78, 5) is 26.5. The van der Waals surface area contributed by atoms with Gasteiger partial charge >= 0.3 is 0 Å². The van der Waals surface area contributed by atoms with Crippen LogP contribution in [0.1, 0.15) is 77.7 Å². The average Bonchev–Trinajstić information content (AvgIpc) is 2.51. The van der Waals surface area contributed by atoms with Crippen molar-refractivity contribution in [2.45, 2.75) is 79.3 Å². The molecule has 0 atom stereocenters. The topological polar surface area (TPSA) is 61.8 Å². The van der Waals surface area contributed by atoms with Crippen molar-refractivity contribution in [3.63, 3.8) is 0 Å². The Labute approximate surface area is 157 Å². The molecule has 0 radical (unpaired) electrons. The summed E-state index contributed by atoms with van der Waals surface area (Å²) in [6.45, 7) is 16.1. The number of amides is 2. The van der Waals surface area contributed by atoms with Crippen molar-refractivity contribution in [3.05, 3.63) is 35.4 Å². The first-order valence-corrected chi connectivity index (χ1v) is 9.18. The number of carbonyl (C=O) groups excluding carboxylic acids is 2. The quantitative estimate of drug-likeness (QED) is 0.613. The fourth-order valence-corrected chi connectivity index (χ4v) is 2.85. The molecule has 0 unspecified atom stereocenters. The van der Waals surface area contributed by atoms with Crippen LogP contribution in [0.2, 0.25) is 0 Å². The summed E-state index contributed by atoms with van der Waals surface area (Å²) >= 11 is 0. The molecule has 0 heterocycles. The molecule has 0 fully saturated rings. The van der Waals surface area contributed by atoms with Crippen LogP contribution < -0.4 is 5.43 Å². The Morgan fingerprint density at radius 2 is 1.54 bits per heavy atom. The number of benzene rings is 1. The molecule has 144 valence electrons. The highest BCUT2D eigenvalue weighted by atomic mass is 16.2. The van der Waals surface area contributed by atoms with Crippen molar-refractivity contribution in [1.29, 1.82) is 0 Å². The van der Waals surface area contributed by atoms with Gasteiger partial charge in [0.25, 0.3) is 5.91 Å². The molecule has 0 aliphatic heterocycles. The van der Waals surface area contributed by atoms with Gasteiger partial charge in [-0.2, -0.15) is 5.10 Å². The molecule has 1 rings (SSSR count). The fraction of sp³-hybridized carbons (Fsp3) is 0.571. The summed E-state index contributed by atoms with van der Waals surface area (Å²) in [5.41, 5.74) is 4.88. The summed E-state index contributed by atoms with van der Waals surface area (Å²) in [5.74, 6) is -0.262. The minimum absolute atomic E-state index is 0.0139. The van der Waals surface area contributed by atoms with E-state index in [9.17, 15) is 9.59 Å². The Balaban J connectivity index is 2.71. The maximum Gasteiger partial charge on any atom is 0.271 e. The van der Waals surface area contributed by atoms with Gasteiger partial charge in [-0.25, -0.2) is 5.43 Å². The Morgan fingerprint density at radius 1 is 1.04 bits per heavy atom. The van der Waals surface area contributed by atoms with E-state index in [1.54, 1.807) is 19.1 Å². The zero-order chi connectivity index (χ0) is 20.1. The van der Waals surface area contributed by atoms with Crippen molar-refractivity contribution in [2.75, 3.05) is 0 Å². The summed E-state index contributed by atoms with van der Waals surface area (Å²) < 4.78 is 0. The zero-order valence-corrected chi connectivity index (χ0v) is 17.4. The van der Waals surface area contributed by atoms with E-state index in [0.717, 1.165) is 0 Å². The van der Waals surface area contributed by atoms with E-state index >= 15 is 0 Å². The van der Waals surface area contributed by atoms with E-state index < -0.39 is 0 Å². The summed E-state index contributed by atoms with van der Waals surface area (Å²) in [7, 11) is 0. The first-order chi connectivity index (χ1) is 11.9. The van der Waals surface area contributed by atoms with Gasteiger partial charge < -0.3 is 4.90 Å². The van der Waals surface area contributed by atoms with Crippen LogP contribution in [-0.2, 0) is 10.2 Å². The lowest BCUT2D eigenvalue weighted by atomic mass is 9.87. The predicted molar refractivity (Wildman–Crippen MR) is 107 cm³/mol. The van der Waals surface area contributed by atoms with Gasteiger partial charge in [0.05, 0.1) is 6.42 Å².